The SMILES string of the molecule is Cl.Cl.c1cc(-c2nccn2CC2CC3(CCNCC3)CO2)cc(-n2cccn2)c1. The average molecular weight is 436 g/mol. The van der Waals surface area contributed by atoms with E-state index in [9.17, 15) is 0 Å². The fourth-order valence-electron chi connectivity index (χ4n) is 4.46. The number of halogens is 2. The third-order valence-electron chi connectivity index (χ3n) is 5.94. The molecule has 1 unspecified atom stereocenters. The molecule has 2 saturated heterocycles. The molecule has 2 aliphatic rings. The van der Waals surface area contributed by atoms with Crippen LogP contribution >= 0.6 is 24.8 Å². The molecule has 5 rings (SSSR count). The molecule has 6 nitrogen and oxygen atoms in total. The third kappa shape index (κ3) is 4.51. The molecule has 1 N–H and O–H groups in total. The van der Waals surface area contributed by atoms with E-state index in [1.165, 1.54) is 12.8 Å². The minimum atomic E-state index is 0. The van der Waals surface area contributed by atoms with Gasteiger partial charge in [0.25, 0.3) is 0 Å². The van der Waals surface area contributed by atoms with E-state index in [0.717, 1.165) is 49.7 Å². The molecular weight excluding hydrogens is 409 g/mol. The normalized spacial score (nSPS) is 20.2. The maximum Gasteiger partial charge on any atom is 0.140 e. The Kier molecular flexibility index (Phi) is 7.01. The second-order valence-electron chi connectivity index (χ2n) is 7.79. The van der Waals surface area contributed by atoms with Crippen molar-refractivity contribution in [1.29, 1.82) is 0 Å². The number of hydrogen-bond acceptors (Lipinski definition) is 4. The van der Waals surface area contributed by atoms with Crippen LogP contribution in [-0.4, -0.2) is 45.1 Å². The van der Waals surface area contributed by atoms with Gasteiger partial charge in [-0.05, 0) is 56.0 Å². The molecule has 0 aliphatic carbocycles. The van der Waals surface area contributed by atoms with Crippen LogP contribution in [-0.2, 0) is 11.3 Å². The summed E-state index contributed by atoms with van der Waals surface area (Å²) in [6.07, 6.45) is 11.6. The van der Waals surface area contributed by atoms with E-state index in [0.29, 0.717) is 5.41 Å². The Hall–Kier alpha value is -1.86. The van der Waals surface area contributed by atoms with Crippen LogP contribution in [0.15, 0.2) is 55.1 Å². The van der Waals surface area contributed by atoms with Gasteiger partial charge in [-0.25, -0.2) is 9.67 Å². The van der Waals surface area contributed by atoms with Crippen molar-refractivity contribution in [2.24, 2.45) is 5.41 Å². The van der Waals surface area contributed by atoms with E-state index in [1.54, 1.807) is 6.20 Å². The van der Waals surface area contributed by atoms with Crippen LogP contribution in [0.1, 0.15) is 19.3 Å². The van der Waals surface area contributed by atoms with Crippen molar-refractivity contribution in [1.82, 2.24) is 24.6 Å². The summed E-state index contributed by atoms with van der Waals surface area (Å²) in [6.45, 7) is 3.99. The summed E-state index contributed by atoms with van der Waals surface area (Å²) in [5.74, 6) is 0.985. The number of piperidine rings is 1. The lowest BCUT2D eigenvalue weighted by atomic mass is 9.77. The first-order valence-electron chi connectivity index (χ1n) is 9.75. The lowest BCUT2D eigenvalue weighted by molar-refractivity contribution is 0.0778. The summed E-state index contributed by atoms with van der Waals surface area (Å²) < 4.78 is 10.3. The van der Waals surface area contributed by atoms with Crippen LogP contribution in [0, 0.1) is 5.41 Å². The molecule has 3 aromatic rings. The number of nitrogens with one attached hydrogen (secondary N) is 1. The monoisotopic (exact) mass is 435 g/mol. The van der Waals surface area contributed by atoms with E-state index in [2.05, 4.69) is 50.4 Å². The van der Waals surface area contributed by atoms with Gasteiger partial charge in [-0.15, -0.1) is 24.8 Å². The summed E-state index contributed by atoms with van der Waals surface area (Å²) in [6, 6.07) is 10.3. The Morgan fingerprint density at radius 3 is 2.76 bits per heavy atom. The van der Waals surface area contributed by atoms with E-state index in [-0.39, 0.29) is 30.9 Å². The molecule has 156 valence electrons. The standard InChI is InChI=1S/C21H25N5O.2ClH/c1-3-17(13-18(4-1)26-11-2-7-24-26)20-23-10-12-25(20)15-19-14-21(16-27-19)5-8-22-9-6-21;;/h1-4,7,10-13,19,22H,5-6,8-9,14-16H2;2*1H. The molecule has 4 heterocycles. The maximum atomic E-state index is 6.20. The molecular formula is C21H27Cl2N5O. The van der Waals surface area contributed by atoms with Gasteiger partial charge in [-0.1, -0.05) is 12.1 Å². The van der Waals surface area contributed by atoms with Crippen LogP contribution in [0.3, 0.4) is 0 Å². The highest BCUT2D eigenvalue weighted by Crippen LogP contribution is 2.41. The maximum absolute atomic E-state index is 6.20. The van der Waals surface area contributed by atoms with Gasteiger partial charge in [0, 0.05) is 30.4 Å². The summed E-state index contributed by atoms with van der Waals surface area (Å²) in [7, 11) is 0. The molecule has 2 aromatic heterocycles. The Balaban J connectivity index is 0.00000120. The number of aromatic nitrogens is 4. The van der Waals surface area contributed by atoms with E-state index in [1.807, 2.05) is 23.1 Å². The van der Waals surface area contributed by atoms with Crippen LogP contribution in [0.4, 0.5) is 0 Å². The Morgan fingerprint density at radius 2 is 1.97 bits per heavy atom. The summed E-state index contributed by atoms with van der Waals surface area (Å²) >= 11 is 0. The highest BCUT2D eigenvalue weighted by molar-refractivity contribution is 5.85. The average Bonchev–Trinajstić information content (AvgIpc) is 3.45. The van der Waals surface area contributed by atoms with Gasteiger partial charge in [-0.3, -0.25) is 0 Å². The molecule has 0 bridgehead atoms. The number of hydrogen-bond donors (Lipinski definition) is 1. The van der Waals surface area contributed by atoms with Crippen molar-refractivity contribution < 1.29 is 4.74 Å². The van der Waals surface area contributed by atoms with Gasteiger partial charge in [0.2, 0.25) is 0 Å². The zero-order valence-electron chi connectivity index (χ0n) is 16.2. The molecule has 0 amide bonds. The molecule has 1 aromatic carbocycles. The smallest absolute Gasteiger partial charge is 0.140 e. The predicted octanol–water partition coefficient (Wildman–Crippen LogP) is 3.74. The molecule has 29 heavy (non-hydrogen) atoms. The van der Waals surface area contributed by atoms with E-state index >= 15 is 0 Å². The van der Waals surface area contributed by atoms with Gasteiger partial charge in [0.05, 0.1) is 24.9 Å². The molecule has 0 saturated carbocycles. The second kappa shape index (κ2) is 9.30. The molecule has 2 aliphatic heterocycles. The van der Waals surface area contributed by atoms with Crippen molar-refractivity contribution in [3.05, 3.63) is 55.1 Å². The highest BCUT2D eigenvalue weighted by Gasteiger charge is 2.40. The molecule has 0 radical (unpaired) electrons. The molecule has 1 spiro atoms. The summed E-state index contributed by atoms with van der Waals surface area (Å²) in [5, 5.41) is 7.79. The van der Waals surface area contributed by atoms with Crippen molar-refractivity contribution in [2.75, 3.05) is 19.7 Å². The summed E-state index contributed by atoms with van der Waals surface area (Å²) in [5.41, 5.74) is 2.52. The zero-order valence-corrected chi connectivity index (χ0v) is 17.9. The molecule has 2 fully saturated rings. The Labute approximate surface area is 183 Å². The van der Waals surface area contributed by atoms with Gasteiger partial charge in [0.1, 0.15) is 5.82 Å². The number of ether oxygens (including phenoxy) is 1. The summed E-state index contributed by atoms with van der Waals surface area (Å²) in [4.78, 5) is 4.62. The first-order chi connectivity index (χ1) is 13.3. The van der Waals surface area contributed by atoms with Crippen LogP contribution in [0.25, 0.3) is 17.1 Å². The van der Waals surface area contributed by atoms with E-state index in [4.69, 9.17) is 4.74 Å². The van der Waals surface area contributed by atoms with Gasteiger partial charge in [0.15, 0.2) is 0 Å². The fourth-order valence-corrected chi connectivity index (χ4v) is 4.46. The van der Waals surface area contributed by atoms with Crippen LogP contribution in [0.5, 0.6) is 0 Å². The van der Waals surface area contributed by atoms with Crippen molar-refractivity contribution in [3.8, 4) is 17.1 Å². The topological polar surface area (TPSA) is 56.9 Å². The van der Waals surface area contributed by atoms with Crippen molar-refractivity contribution in [2.45, 2.75) is 31.9 Å². The zero-order chi connectivity index (χ0) is 18.1. The quantitative estimate of drug-likeness (QED) is 0.677. The number of benzene rings is 1. The third-order valence-corrected chi connectivity index (χ3v) is 5.94. The minimum absolute atomic E-state index is 0. The minimum Gasteiger partial charge on any atom is -0.376 e. The van der Waals surface area contributed by atoms with Gasteiger partial charge >= 0.3 is 0 Å². The Morgan fingerprint density at radius 1 is 1.10 bits per heavy atom. The fraction of sp³-hybridized carbons (Fsp3) is 0.429. The predicted molar refractivity (Wildman–Crippen MR) is 118 cm³/mol. The Bertz CT molecular complexity index is 905. The first kappa shape index (κ1) is 21.8. The number of nitrogens with zero attached hydrogens (tertiary/aromatic N) is 4. The first-order valence-corrected chi connectivity index (χ1v) is 9.75. The number of imidazole rings is 1. The van der Waals surface area contributed by atoms with Gasteiger partial charge < -0.3 is 14.6 Å². The van der Waals surface area contributed by atoms with Gasteiger partial charge in [-0.2, -0.15) is 5.10 Å². The number of rotatable bonds is 4. The van der Waals surface area contributed by atoms with Crippen LogP contribution in [0.2, 0.25) is 0 Å². The van der Waals surface area contributed by atoms with Crippen molar-refractivity contribution in [3.63, 3.8) is 0 Å². The van der Waals surface area contributed by atoms with Crippen LogP contribution < -0.4 is 5.32 Å². The highest BCUT2D eigenvalue weighted by atomic mass is 35.5. The largest absolute Gasteiger partial charge is 0.376 e. The second-order valence-corrected chi connectivity index (χ2v) is 7.79. The van der Waals surface area contributed by atoms with Crippen molar-refractivity contribution >= 4 is 24.8 Å². The van der Waals surface area contributed by atoms with E-state index < -0.39 is 0 Å². The molecule has 1 atom stereocenters. The molecule has 8 heteroatoms. The lowest BCUT2D eigenvalue weighted by Gasteiger charge is -2.32. The lowest BCUT2D eigenvalue weighted by Crippen LogP contribution is -2.37.